The molecule has 1 aliphatic rings. The molecule has 0 aromatic heterocycles. The molecular weight excluding hydrogens is 145 g/mol. The van der Waals surface area contributed by atoms with E-state index in [1.165, 1.54) is 0 Å². The Labute approximate surface area is 66.2 Å². The summed E-state index contributed by atoms with van der Waals surface area (Å²) in [6.45, 7) is 1.91. The predicted octanol–water partition coefficient (Wildman–Crippen LogP) is 0.913. The van der Waals surface area contributed by atoms with Gasteiger partial charge in [-0.1, -0.05) is 0 Å². The number of piperidine rings is 1. The van der Waals surface area contributed by atoms with Crippen molar-refractivity contribution in [2.45, 2.75) is 25.4 Å². The van der Waals surface area contributed by atoms with Gasteiger partial charge in [-0.15, -0.1) is 0 Å². The van der Waals surface area contributed by atoms with Crippen LogP contribution < -0.4 is 5.32 Å². The Kier molecular flexibility index (Phi) is 3.49. The monoisotopic (exact) mass is 159 g/mol. The van der Waals surface area contributed by atoms with E-state index in [1.807, 2.05) is 0 Å². The van der Waals surface area contributed by atoms with Crippen LogP contribution in [0.15, 0.2) is 0 Å². The molecule has 0 bridgehead atoms. The van der Waals surface area contributed by atoms with E-state index in [1.54, 1.807) is 0 Å². The summed E-state index contributed by atoms with van der Waals surface area (Å²) in [5, 5.41) is 3.18. The lowest BCUT2D eigenvalue weighted by atomic mass is 9.94. The van der Waals surface area contributed by atoms with Crippen molar-refractivity contribution in [2.24, 2.45) is 5.92 Å². The molecule has 2 atom stereocenters. The molecule has 64 valence electrons. The first-order valence-corrected chi connectivity index (χ1v) is 4.13. The molecule has 0 amide bonds. The minimum atomic E-state index is -1.25. The first kappa shape index (κ1) is 8.65. The van der Waals surface area contributed by atoms with Gasteiger partial charge in [-0.05, 0) is 38.3 Å². The zero-order valence-electron chi connectivity index (χ0n) is 6.55. The fraction of sp³-hybridized carbons (Fsp3) is 0.875. The van der Waals surface area contributed by atoms with Crippen LogP contribution in [0.25, 0.3) is 0 Å². The Bertz CT molecular complexity index is 123. The lowest BCUT2D eigenvalue weighted by Crippen LogP contribution is -2.31. The highest BCUT2D eigenvalue weighted by Crippen LogP contribution is 2.16. The summed E-state index contributed by atoms with van der Waals surface area (Å²) < 4.78 is 12.5. The molecule has 0 aromatic rings. The van der Waals surface area contributed by atoms with Gasteiger partial charge in [-0.2, -0.15) is 0 Å². The second kappa shape index (κ2) is 4.44. The molecule has 11 heavy (non-hydrogen) atoms. The summed E-state index contributed by atoms with van der Waals surface area (Å²) in [4.78, 5) is 9.98. The number of hydrogen-bond acceptors (Lipinski definition) is 2. The molecule has 1 rings (SSSR count). The lowest BCUT2D eigenvalue weighted by molar-refractivity contribution is -0.112. The van der Waals surface area contributed by atoms with Crippen LogP contribution in [-0.2, 0) is 4.79 Å². The van der Waals surface area contributed by atoms with Crippen LogP contribution in [-0.4, -0.2) is 25.5 Å². The van der Waals surface area contributed by atoms with Crippen LogP contribution >= 0.6 is 0 Å². The third-order valence-corrected chi connectivity index (χ3v) is 2.11. The quantitative estimate of drug-likeness (QED) is 0.620. The first-order valence-electron chi connectivity index (χ1n) is 4.13. The van der Waals surface area contributed by atoms with Crippen molar-refractivity contribution in [1.29, 1.82) is 0 Å². The van der Waals surface area contributed by atoms with Gasteiger partial charge in [0.25, 0.3) is 0 Å². The maximum Gasteiger partial charge on any atom is 0.155 e. The van der Waals surface area contributed by atoms with E-state index in [0.29, 0.717) is 18.6 Å². The maximum absolute atomic E-state index is 12.5. The fourth-order valence-electron chi connectivity index (χ4n) is 1.50. The zero-order valence-corrected chi connectivity index (χ0v) is 6.55. The largest absolute Gasteiger partial charge is 0.316 e. The van der Waals surface area contributed by atoms with E-state index in [9.17, 15) is 9.18 Å². The van der Waals surface area contributed by atoms with E-state index in [2.05, 4.69) is 5.32 Å². The van der Waals surface area contributed by atoms with Crippen LogP contribution in [0.2, 0.25) is 0 Å². The molecule has 2 unspecified atom stereocenters. The second-order valence-corrected chi connectivity index (χ2v) is 3.10. The number of carbonyl (C=O) groups is 1. The fourth-order valence-corrected chi connectivity index (χ4v) is 1.50. The minimum absolute atomic E-state index is 0.365. The Morgan fingerprint density at radius 3 is 3.09 bits per heavy atom. The highest BCUT2D eigenvalue weighted by atomic mass is 19.1. The smallest absolute Gasteiger partial charge is 0.155 e. The number of aldehydes is 1. The van der Waals surface area contributed by atoms with Crippen molar-refractivity contribution in [3.05, 3.63) is 0 Å². The van der Waals surface area contributed by atoms with E-state index in [-0.39, 0.29) is 0 Å². The average Bonchev–Trinajstić information content (AvgIpc) is 2.06. The van der Waals surface area contributed by atoms with Crippen LogP contribution in [0.5, 0.6) is 0 Å². The average molecular weight is 159 g/mol. The maximum atomic E-state index is 12.5. The molecule has 3 heteroatoms. The normalized spacial score (nSPS) is 27.9. The predicted molar refractivity (Wildman–Crippen MR) is 41.2 cm³/mol. The van der Waals surface area contributed by atoms with Gasteiger partial charge >= 0.3 is 0 Å². The minimum Gasteiger partial charge on any atom is -0.316 e. The SMILES string of the molecule is O=CC(F)CC1CCCNC1. The van der Waals surface area contributed by atoms with Gasteiger partial charge in [0, 0.05) is 0 Å². The standard InChI is InChI=1S/C8H14FNO/c9-8(6-11)4-7-2-1-3-10-5-7/h6-8,10H,1-5H2. The Morgan fingerprint density at radius 2 is 2.55 bits per heavy atom. The van der Waals surface area contributed by atoms with Crippen molar-refractivity contribution < 1.29 is 9.18 Å². The van der Waals surface area contributed by atoms with Gasteiger partial charge in [-0.3, -0.25) is 0 Å². The van der Waals surface area contributed by atoms with Crippen LogP contribution in [0.3, 0.4) is 0 Å². The number of nitrogens with one attached hydrogen (secondary N) is 1. The topological polar surface area (TPSA) is 29.1 Å². The van der Waals surface area contributed by atoms with E-state index >= 15 is 0 Å². The van der Waals surface area contributed by atoms with Gasteiger partial charge in [0.1, 0.15) is 0 Å². The first-order chi connectivity index (χ1) is 5.33. The highest BCUT2D eigenvalue weighted by molar-refractivity contribution is 5.55. The molecule has 0 saturated carbocycles. The molecule has 1 heterocycles. The molecule has 0 aliphatic carbocycles. The summed E-state index contributed by atoms with van der Waals surface area (Å²) >= 11 is 0. The van der Waals surface area contributed by atoms with E-state index < -0.39 is 6.17 Å². The molecule has 0 radical (unpaired) electrons. The van der Waals surface area contributed by atoms with Crippen molar-refractivity contribution in [2.75, 3.05) is 13.1 Å². The molecule has 1 N–H and O–H groups in total. The molecule has 0 spiro atoms. The Hall–Kier alpha value is -0.440. The summed E-state index contributed by atoms with van der Waals surface area (Å²) in [7, 11) is 0. The van der Waals surface area contributed by atoms with E-state index in [0.717, 1.165) is 25.9 Å². The molecule has 1 aliphatic heterocycles. The molecule has 1 fully saturated rings. The van der Waals surface area contributed by atoms with Crippen LogP contribution in [0.4, 0.5) is 4.39 Å². The number of alkyl halides is 1. The van der Waals surface area contributed by atoms with Gasteiger partial charge in [-0.25, -0.2) is 4.39 Å². The zero-order chi connectivity index (χ0) is 8.10. The molecule has 1 saturated heterocycles. The van der Waals surface area contributed by atoms with Crippen molar-refractivity contribution in [1.82, 2.24) is 5.32 Å². The number of carbonyl (C=O) groups excluding carboxylic acids is 1. The molecule has 0 aromatic carbocycles. The Morgan fingerprint density at radius 1 is 1.73 bits per heavy atom. The molecular formula is C8H14FNO. The number of rotatable bonds is 3. The van der Waals surface area contributed by atoms with Crippen LogP contribution in [0.1, 0.15) is 19.3 Å². The van der Waals surface area contributed by atoms with E-state index in [4.69, 9.17) is 0 Å². The lowest BCUT2D eigenvalue weighted by Gasteiger charge is -2.22. The van der Waals surface area contributed by atoms with Gasteiger partial charge in [0.15, 0.2) is 12.5 Å². The Balaban J connectivity index is 2.18. The highest BCUT2D eigenvalue weighted by Gasteiger charge is 2.17. The number of hydrogen-bond donors (Lipinski definition) is 1. The van der Waals surface area contributed by atoms with Crippen molar-refractivity contribution in [3.63, 3.8) is 0 Å². The second-order valence-electron chi connectivity index (χ2n) is 3.10. The third-order valence-electron chi connectivity index (χ3n) is 2.11. The van der Waals surface area contributed by atoms with Gasteiger partial charge in [0.2, 0.25) is 0 Å². The van der Waals surface area contributed by atoms with Crippen molar-refractivity contribution >= 4 is 6.29 Å². The van der Waals surface area contributed by atoms with Crippen LogP contribution in [0, 0.1) is 5.92 Å². The summed E-state index contributed by atoms with van der Waals surface area (Å²) in [6, 6.07) is 0. The summed E-state index contributed by atoms with van der Waals surface area (Å²) in [5.74, 6) is 0.365. The number of halogens is 1. The van der Waals surface area contributed by atoms with Gasteiger partial charge < -0.3 is 10.1 Å². The van der Waals surface area contributed by atoms with Crippen molar-refractivity contribution in [3.8, 4) is 0 Å². The van der Waals surface area contributed by atoms with Gasteiger partial charge in [0.05, 0.1) is 0 Å². The summed E-state index contributed by atoms with van der Waals surface area (Å²) in [5.41, 5.74) is 0. The third kappa shape index (κ3) is 2.97. The summed E-state index contributed by atoms with van der Waals surface area (Å²) in [6.07, 6.45) is 1.71. The molecule has 2 nitrogen and oxygen atoms in total.